The second kappa shape index (κ2) is 10.7. The summed E-state index contributed by atoms with van der Waals surface area (Å²) in [6.45, 7) is 2.48. The van der Waals surface area contributed by atoms with E-state index in [0.717, 1.165) is 46.2 Å². The summed E-state index contributed by atoms with van der Waals surface area (Å²) in [5.74, 6) is 0.150. The number of nitrogens with zero attached hydrogens (tertiary/aromatic N) is 2. The van der Waals surface area contributed by atoms with Crippen molar-refractivity contribution in [1.29, 1.82) is 10.5 Å². The van der Waals surface area contributed by atoms with Gasteiger partial charge in [-0.2, -0.15) is 10.5 Å². The van der Waals surface area contributed by atoms with Crippen LogP contribution in [0.25, 0.3) is 6.08 Å². The monoisotopic (exact) mass is 531 g/mol. The number of ether oxygens (including phenoxy) is 1. The average Bonchev–Trinajstić information content (AvgIpc) is 3.19. The number of aryl methyl sites for hydroxylation is 2. The van der Waals surface area contributed by atoms with Crippen LogP contribution >= 0.6 is 27.3 Å². The van der Waals surface area contributed by atoms with Gasteiger partial charge in [0.15, 0.2) is 0 Å². The number of nitriles is 2. The fraction of sp³-hybridized carbons (Fsp3) is 0.222. The molecule has 4 rings (SSSR count). The number of carbonyl (C=O) groups is 1. The zero-order chi connectivity index (χ0) is 24.1. The van der Waals surface area contributed by atoms with Gasteiger partial charge in [-0.1, -0.05) is 35.9 Å². The van der Waals surface area contributed by atoms with Crippen molar-refractivity contribution in [2.75, 3.05) is 5.32 Å². The van der Waals surface area contributed by atoms with Gasteiger partial charge in [-0.05, 0) is 83.4 Å². The van der Waals surface area contributed by atoms with Gasteiger partial charge in [0.2, 0.25) is 0 Å². The van der Waals surface area contributed by atoms with Crippen molar-refractivity contribution in [3.8, 4) is 17.9 Å². The molecular formula is C27H22BrN3O2S. The van der Waals surface area contributed by atoms with Crippen LogP contribution in [0.15, 0.2) is 52.5 Å². The van der Waals surface area contributed by atoms with Crippen LogP contribution in [-0.2, 0) is 24.2 Å². The highest BCUT2D eigenvalue weighted by Crippen LogP contribution is 2.38. The first-order chi connectivity index (χ1) is 16.5. The fourth-order valence-electron chi connectivity index (χ4n) is 3.83. The van der Waals surface area contributed by atoms with Crippen LogP contribution in [0.1, 0.15) is 45.5 Å². The highest BCUT2D eigenvalue weighted by molar-refractivity contribution is 9.10. The third-order valence-electron chi connectivity index (χ3n) is 5.66. The lowest BCUT2D eigenvalue weighted by atomic mass is 9.96. The zero-order valence-electron chi connectivity index (χ0n) is 18.7. The summed E-state index contributed by atoms with van der Waals surface area (Å²) in [7, 11) is 0. The number of halogens is 1. The second-order valence-corrected chi connectivity index (χ2v) is 10.1. The molecule has 0 radical (unpaired) electrons. The van der Waals surface area contributed by atoms with Crippen molar-refractivity contribution in [1.82, 2.24) is 0 Å². The molecule has 1 amide bonds. The van der Waals surface area contributed by atoms with Crippen LogP contribution in [0.2, 0.25) is 0 Å². The number of hydrogen-bond acceptors (Lipinski definition) is 5. The quantitative estimate of drug-likeness (QED) is 0.283. The number of thiophene rings is 1. The minimum Gasteiger partial charge on any atom is -0.488 e. The van der Waals surface area contributed by atoms with Gasteiger partial charge in [-0.3, -0.25) is 4.79 Å². The van der Waals surface area contributed by atoms with Crippen LogP contribution in [-0.4, -0.2) is 5.91 Å². The third kappa shape index (κ3) is 5.39. The highest BCUT2D eigenvalue weighted by atomic mass is 79.9. The maximum absolute atomic E-state index is 12.8. The molecule has 7 heteroatoms. The Balaban J connectivity index is 1.48. The molecule has 1 aromatic heterocycles. The molecule has 34 heavy (non-hydrogen) atoms. The summed E-state index contributed by atoms with van der Waals surface area (Å²) in [6, 6.07) is 17.8. The topological polar surface area (TPSA) is 85.9 Å². The van der Waals surface area contributed by atoms with E-state index < -0.39 is 5.91 Å². The van der Waals surface area contributed by atoms with Crippen molar-refractivity contribution in [3.05, 3.63) is 85.2 Å². The molecule has 5 nitrogen and oxygen atoms in total. The molecule has 0 unspecified atom stereocenters. The van der Waals surface area contributed by atoms with Gasteiger partial charge in [-0.15, -0.1) is 11.3 Å². The van der Waals surface area contributed by atoms with E-state index in [2.05, 4.69) is 27.3 Å². The van der Waals surface area contributed by atoms with E-state index in [1.807, 2.05) is 37.3 Å². The molecule has 1 aliphatic carbocycles. The number of anilines is 1. The molecule has 0 saturated heterocycles. The van der Waals surface area contributed by atoms with E-state index in [1.54, 1.807) is 18.2 Å². The van der Waals surface area contributed by atoms with Gasteiger partial charge in [0.05, 0.1) is 10.0 Å². The van der Waals surface area contributed by atoms with Gasteiger partial charge in [0.25, 0.3) is 5.91 Å². The molecule has 0 atom stereocenters. The molecule has 2 aromatic carbocycles. The Kier molecular flexibility index (Phi) is 7.47. The van der Waals surface area contributed by atoms with Crippen LogP contribution in [0.5, 0.6) is 5.75 Å². The van der Waals surface area contributed by atoms with E-state index in [4.69, 9.17) is 4.74 Å². The predicted molar refractivity (Wildman–Crippen MR) is 138 cm³/mol. The Morgan fingerprint density at radius 1 is 1.18 bits per heavy atom. The van der Waals surface area contributed by atoms with Crippen molar-refractivity contribution >= 4 is 44.3 Å². The molecule has 1 heterocycles. The zero-order valence-corrected chi connectivity index (χ0v) is 21.1. The average molecular weight is 532 g/mol. The minimum atomic E-state index is -0.520. The fourth-order valence-corrected chi connectivity index (χ4v) is 5.57. The Morgan fingerprint density at radius 2 is 1.94 bits per heavy atom. The number of nitrogens with one attached hydrogen (secondary N) is 1. The number of benzene rings is 2. The molecule has 3 aromatic rings. The highest BCUT2D eigenvalue weighted by Gasteiger charge is 2.22. The molecule has 0 saturated carbocycles. The van der Waals surface area contributed by atoms with Crippen molar-refractivity contribution in [2.24, 2.45) is 0 Å². The Labute approximate surface area is 211 Å². The van der Waals surface area contributed by atoms with Crippen molar-refractivity contribution in [3.63, 3.8) is 0 Å². The summed E-state index contributed by atoms with van der Waals surface area (Å²) in [5, 5.41) is 22.5. The van der Waals surface area contributed by atoms with E-state index in [0.29, 0.717) is 28.5 Å². The van der Waals surface area contributed by atoms with Crippen LogP contribution < -0.4 is 10.1 Å². The number of fused-ring (bicyclic) bond motifs is 1. The van der Waals surface area contributed by atoms with E-state index >= 15 is 0 Å². The SMILES string of the molecule is Cc1ccc(COc2ccc(/C=C(\C#N)C(=O)Nc3sc4c(c3C#N)CCCC4)cc2Br)cc1. The minimum absolute atomic E-state index is 0.0320. The number of hydrogen-bond donors (Lipinski definition) is 1. The van der Waals surface area contributed by atoms with Gasteiger partial charge in [0.1, 0.15) is 35.1 Å². The third-order valence-corrected chi connectivity index (χ3v) is 7.48. The van der Waals surface area contributed by atoms with Gasteiger partial charge in [0, 0.05) is 4.88 Å². The first kappa shape index (κ1) is 23.8. The normalized spacial score (nSPS) is 12.9. The molecule has 1 aliphatic rings. The first-order valence-corrected chi connectivity index (χ1v) is 12.5. The summed E-state index contributed by atoms with van der Waals surface area (Å²) in [6.07, 6.45) is 5.46. The largest absolute Gasteiger partial charge is 0.488 e. The number of carbonyl (C=O) groups excluding carboxylic acids is 1. The molecule has 0 spiro atoms. The summed E-state index contributed by atoms with van der Waals surface area (Å²) < 4.78 is 6.63. The molecule has 1 N–H and O–H groups in total. The van der Waals surface area contributed by atoms with Crippen LogP contribution in [0, 0.1) is 29.6 Å². The molecule has 0 fully saturated rings. The first-order valence-electron chi connectivity index (χ1n) is 10.9. The molecule has 0 bridgehead atoms. The van der Waals surface area contributed by atoms with E-state index in [9.17, 15) is 15.3 Å². The maximum Gasteiger partial charge on any atom is 0.266 e. The van der Waals surface area contributed by atoms with Crippen LogP contribution in [0.3, 0.4) is 0 Å². The van der Waals surface area contributed by atoms with Gasteiger partial charge in [-0.25, -0.2) is 0 Å². The van der Waals surface area contributed by atoms with Crippen molar-refractivity contribution in [2.45, 2.75) is 39.2 Å². The summed E-state index contributed by atoms with van der Waals surface area (Å²) in [5.41, 5.74) is 4.49. The predicted octanol–water partition coefficient (Wildman–Crippen LogP) is 6.69. The lowest BCUT2D eigenvalue weighted by Crippen LogP contribution is -2.13. The Hall–Kier alpha value is -3.39. The number of amides is 1. The molecule has 170 valence electrons. The lowest BCUT2D eigenvalue weighted by molar-refractivity contribution is -0.112. The van der Waals surface area contributed by atoms with Gasteiger partial charge >= 0.3 is 0 Å². The van der Waals surface area contributed by atoms with E-state index in [-0.39, 0.29) is 5.57 Å². The summed E-state index contributed by atoms with van der Waals surface area (Å²) >= 11 is 4.96. The second-order valence-electron chi connectivity index (χ2n) is 8.11. The number of rotatable bonds is 6. The smallest absolute Gasteiger partial charge is 0.266 e. The standard InChI is InChI=1S/C27H22BrN3O2S/c1-17-6-8-18(9-7-17)16-33-24-11-10-19(13-23(24)28)12-20(14-29)26(32)31-27-22(15-30)21-4-2-3-5-25(21)34-27/h6-13H,2-5,16H2,1H3,(H,31,32)/b20-12+. The maximum atomic E-state index is 12.8. The van der Waals surface area contributed by atoms with Gasteiger partial charge < -0.3 is 10.1 Å². The van der Waals surface area contributed by atoms with Crippen LogP contribution in [0.4, 0.5) is 5.00 Å². The molecular weight excluding hydrogens is 510 g/mol. The molecule has 0 aliphatic heterocycles. The Bertz CT molecular complexity index is 1340. The van der Waals surface area contributed by atoms with E-state index in [1.165, 1.54) is 23.0 Å². The van der Waals surface area contributed by atoms with Crippen molar-refractivity contribution < 1.29 is 9.53 Å². The summed E-state index contributed by atoms with van der Waals surface area (Å²) in [4.78, 5) is 14.0. The Morgan fingerprint density at radius 3 is 2.65 bits per heavy atom. The lowest BCUT2D eigenvalue weighted by Gasteiger charge is -2.10.